The zero-order valence-electron chi connectivity index (χ0n) is 6.72. The van der Waals surface area contributed by atoms with E-state index in [1.54, 1.807) is 0 Å². The molecule has 0 heterocycles. The van der Waals surface area contributed by atoms with Gasteiger partial charge < -0.3 is 13.3 Å². The van der Waals surface area contributed by atoms with E-state index in [9.17, 15) is 0 Å². The van der Waals surface area contributed by atoms with Crippen molar-refractivity contribution in [1.82, 2.24) is 0 Å². The molecule has 0 saturated carbocycles. The molecule has 4 nitrogen and oxygen atoms in total. The highest BCUT2D eigenvalue weighted by Crippen LogP contribution is 1.93. The monoisotopic (exact) mass is 165 g/mol. The van der Waals surface area contributed by atoms with Gasteiger partial charge in [-0.2, -0.15) is 0 Å². The maximum atomic E-state index is 5.37. The van der Waals surface area contributed by atoms with Gasteiger partial charge in [-0.15, -0.1) is 13.2 Å². The number of hydrogen-bond donors (Lipinski definition) is 1. The Bertz CT molecular complexity index is 69.0. The zero-order valence-corrected chi connectivity index (χ0v) is 7.72. The first-order chi connectivity index (χ1) is 4.68. The Morgan fingerprint density at radius 1 is 1.00 bits per heavy atom. The van der Waals surface area contributed by atoms with E-state index >= 15 is 0 Å². The van der Waals surface area contributed by atoms with E-state index < -0.39 is 8.97 Å². The standard InChI is InChI=1S/C3H11NO3Si.C2H4/c1-5-8(4,6-2)7-3;1-2/h4H2,1-3H3;1-2H2. The summed E-state index contributed by atoms with van der Waals surface area (Å²) in [5.41, 5.74) is 0. The normalized spacial score (nSPS) is 10.0. The summed E-state index contributed by atoms with van der Waals surface area (Å²) in [5, 5.41) is 5.37. The lowest BCUT2D eigenvalue weighted by Crippen LogP contribution is -2.52. The molecule has 0 bridgehead atoms. The lowest BCUT2D eigenvalue weighted by Gasteiger charge is -2.17. The first kappa shape index (κ1) is 12.5. The first-order valence-corrected chi connectivity index (χ1v) is 4.43. The average molecular weight is 165 g/mol. The molecule has 0 fully saturated rings. The number of rotatable bonds is 3. The Morgan fingerprint density at radius 2 is 1.20 bits per heavy atom. The third-order valence-electron chi connectivity index (χ3n) is 0.854. The average Bonchev–Trinajstić information content (AvgIpc) is 2.07. The van der Waals surface area contributed by atoms with Gasteiger partial charge in [0.1, 0.15) is 0 Å². The molecule has 0 aromatic rings. The molecule has 0 aliphatic heterocycles. The van der Waals surface area contributed by atoms with Crippen molar-refractivity contribution in [2.24, 2.45) is 5.40 Å². The smallest absolute Gasteiger partial charge is 0.365 e. The molecule has 0 amide bonds. The molecule has 0 spiro atoms. The van der Waals surface area contributed by atoms with Crippen LogP contribution in [0.5, 0.6) is 0 Å². The van der Waals surface area contributed by atoms with E-state index in [-0.39, 0.29) is 0 Å². The lowest BCUT2D eigenvalue weighted by atomic mass is 11.3. The van der Waals surface area contributed by atoms with Gasteiger partial charge in [-0.1, -0.05) is 0 Å². The molecule has 0 aliphatic rings. The molecule has 0 rings (SSSR count). The Labute approximate surface area is 63.0 Å². The van der Waals surface area contributed by atoms with Crippen LogP contribution in [0.3, 0.4) is 0 Å². The van der Waals surface area contributed by atoms with Crippen molar-refractivity contribution in [2.75, 3.05) is 21.3 Å². The van der Waals surface area contributed by atoms with Gasteiger partial charge in [-0.05, 0) is 0 Å². The third kappa shape index (κ3) is 4.65. The van der Waals surface area contributed by atoms with E-state index in [0.717, 1.165) is 0 Å². The molecule has 0 saturated heterocycles. The van der Waals surface area contributed by atoms with E-state index in [1.165, 1.54) is 21.3 Å². The van der Waals surface area contributed by atoms with Gasteiger partial charge in [0.15, 0.2) is 0 Å². The summed E-state index contributed by atoms with van der Waals surface area (Å²) in [6.45, 7) is 6.00. The van der Waals surface area contributed by atoms with Crippen LogP contribution in [-0.2, 0) is 13.3 Å². The van der Waals surface area contributed by atoms with Crippen LogP contribution in [0.25, 0.3) is 0 Å². The van der Waals surface area contributed by atoms with Crippen LogP contribution in [0.15, 0.2) is 13.2 Å². The SMILES string of the molecule is C=C.CO[Si](N)(OC)OC. The fourth-order valence-electron chi connectivity index (χ4n) is 0.250. The molecule has 10 heavy (non-hydrogen) atoms. The molecule has 0 aliphatic carbocycles. The lowest BCUT2D eigenvalue weighted by molar-refractivity contribution is 0.125. The molecule has 0 atom stereocenters. The highest BCUT2D eigenvalue weighted by Gasteiger charge is 2.32. The van der Waals surface area contributed by atoms with Crippen LogP contribution < -0.4 is 5.40 Å². The molecular weight excluding hydrogens is 150 g/mol. The van der Waals surface area contributed by atoms with E-state index in [4.69, 9.17) is 18.7 Å². The van der Waals surface area contributed by atoms with Gasteiger partial charge >= 0.3 is 8.97 Å². The topological polar surface area (TPSA) is 53.7 Å². The van der Waals surface area contributed by atoms with Crippen molar-refractivity contribution in [3.63, 3.8) is 0 Å². The maximum Gasteiger partial charge on any atom is 0.593 e. The Morgan fingerprint density at radius 3 is 1.20 bits per heavy atom. The Kier molecular flexibility index (Phi) is 8.62. The third-order valence-corrected chi connectivity index (χ3v) is 2.56. The van der Waals surface area contributed by atoms with Gasteiger partial charge in [0.2, 0.25) is 0 Å². The van der Waals surface area contributed by atoms with Gasteiger partial charge in [-0.25, -0.2) is 0 Å². The van der Waals surface area contributed by atoms with Crippen molar-refractivity contribution < 1.29 is 13.3 Å². The summed E-state index contributed by atoms with van der Waals surface area (Å²) in [7, 11) is 1.70. The number of nitrogens with two attached hydrogens (primary N) is 1. The molecule has 0 aromatic heterocycles. The largest absolute Gasteiger partial charge is 0.593 e. The minimum absolute atomic E-state index is 1.46. The summed E-state index contributed by atoms with van der Waals surface area (Å²) in [6.07, 6.45) is 0. The predicted molar refractivity (Wildman–Crippen MR) is 42.2 cm³/mol. The van der Waals surface area contributed by atoms with Crippen LogP contribution in [0.1, 0.15) is 0 Å². The quantitative estimate of drug-likeness (QED) is 0.477. The van der Waals surface area contributed by atoms with Gasteiger partial charge in [0.05, 0.1) is 0 Å². The van der Waals surface area contributed by atoms with E-state index in [2.05, 4.69) is 13.2 Å². The molecular formula is C5H15NO3Si. The molecule has 62 valence electrons. The fraction of sp³-hybridized carbons (Fsp3) is 0.600. The summed E-state index contributed by atoms with van der Waals surface area (Å²) >= 11 is 0. The van der Waals surface area contributed by atoms with Crippen molar-refractivity contribution in [3.05, 3.63) is 13.2 Å². The number of hydrogen-bond acceptors (Lipinski definition) is 4. The fourth-order valence-corrected chi connectivity index (χ4v) is 0.750. The maximum absolute atomic E-state index is 5.37. The van der Waals surface area contributed by atoms with Gasteiger partial charge in [-0.3, -0.25) is 5.40 Å². The van der Waals surface area contributed by atoms with Crippen LogP contribution in [-0.4, -0.2) is 30.3 Å². The molecule has 0 radical (unpaired) electrons. The van der Waals surface area contributed by atoms with Crippen LogP contribution in [0.4, 0.5) is 0 Å². The van der Waals surface area contributed by atoms with Gasteiger partial charge in [0, 0.05) is 21.3 Å². The van der Waals surface area contributed by atoms with Crippen molar-refractivity contribution in [3.8, 4) is 0 Å². The van der Waals surface area contributed by atoms with Gasteiger partial charge in [0.25, 0.3) is 0 Å². The zero-order chi connectivity index (χ0) is 8.62. The van der Waals surface area contributed by atoms with Crippen molar-refractivity contribution >= 4 is 8.97 Å². The second kappa shape index (κ2) is 6.91. The Balaban J connectivity index is 0. The Hall–Kier alpha value is -0.203. The van der Waals surface area contributed by atoms with E-state index in [0.29, 0.717) is 0 Å². The molecule has 0 unspecified atom stereocenters. The minimum Gasteiger partial charge on any atom is -0.365 e. The summed E-state index contributed by atoms with van der Waals surface area (Å²) < 4.78 is 14.1. The first-order valence-electron chi connectivity index (χ1n) is 2.63. The second-order valence-corrected chi connectivity index (χ2v) is 3.65. The highest BCUT2D eigenvalue weighted by molar-refractivity contribution is 6.56. The van der Waals surface area contributed by atoms with Crippen molar-refractivity contribution in [2.45, 2.75) is 0 Å². The van der Waals surface area contributed by atoms with Crippen LogP contribution in [0, 0.1) is 0 Å². The molecule has 5 heteroatoms. The van der Waals surface area contributed by atoms with E-state index in [1.807, 2.05) is 0 Å². The van der Waals surface area contributed by atoms with Crippen LogP contribution in [0.2, 0.25) is 0 Å². The predicted octanol–water partition coefficient (Wildman–Crippen LogP) is 0.122. The summed E-state index contributed by atoms with van der Waals surface area (Å²) in [5.74, 6) is 0. The summed E-state index contributed by atoms with van der Waals surface area (Å²) in [6, 6.07) is 0. The molecule has 0 aromatic carbocycles. The second-order valence-electron chi connectivity index (χ2n) is 1.22. The van der Waals surface area contributed by atoms with Crippen molar-refractivity contribution in [1.29, 1.82) is 0 Å². The van der Waals surface area contributed by atoms with Crippen LogP contribution >= 0.6 is 0 Å². The highest BCUT2D eigenvalue weighted by atomic mass is 28.4. The molecule has 2 N–H and O–H groups in total. The summed E-state index contributed by atoms with van der Waals surface area (Å²) in [4.78, 5) is 0. The minimum atomic E-state index is -2.67.